The van der Waals surface area contributed by atoms with Gasteiger partial charge in [-0.2, -0.15) is 0 Å². The molecule has 45 valence electrons. The van der Waals surface area contributed by atoms with Crippen molar-refractivity contribution in [1.29, 1.82) is 0 Å². The first-order valence-electron chi connectivity index (χ1n) is 2.47. The van der Waals surface area contributed by atoms with Gasteiger partial charge in [0.05, 0.1) is 11.5 Å². The molecule has 0 saturated carbocycles. The highest BCUT2D eigenvalue weighted by molar-refractivity contribution is 5.96. The molecule has 0 aromatic heterocycles. The molecule has 1 rings (SSSR count). The second-order valence-electron chi connectivity index (χ2n) is 1.50. The van der Waals surface area contributed by atoms with E-state index in [1.165, 1.54) is 0 Å². The summed E-state index contributed by atoms with van der Waals surface area (Å²) in [5, 5.41) is 6.63. The minimum atomic E-state index is -0.521. The Hall–Kier alpha value is -1.32. The average molecular weight is 123 g/mol. The van der Waals surface area contributed by atoms with E-state index in [9.17, 15) is 4.79 Å². The molecular weight excluding hydrogens is 118 g/mol. The molecule has 0 bridgehead atoms. The van der Waals surface area contributed by atoms with Crippen LogP contribution in [0.4, 0.5) is 4.79 Å². The number of hydrogen-bond donors (Lipinski definition) is 0. The van der Waals surface area contributed by atoms with E-state index in [1.54, 1.807) is 6.08 Å². The van der Waals surface area contributed by atoms with Crippen LogP contribution in [0.2, 0.25) is 0 Å². The minimum Gasteiger partial charge on any atom is -0.202 e. The molecule has 0 atom stereocenters. The molecule has 0 fully saturated rings. The first-order chi connectivity index (χ1) is 4.33. The van der Waals surface area contributed by atoms with Crippen molar-refractivity contribution in [2.45, 2.75) is 6.42 Å². The Morgan fingerprint density at radius 2 is 2.44 bits per heavy atom. The predicted octanol–water partition coefficient (Wildman–Crippen LogP) is 0.883. The van der Waals surface area contributed by atoms with Crippen molar-refractivity contribution in [2.24, 2.45) is 10.2 Å². The zero-order valence-corrected chi connectivity index (χ0v) is 4.74. The Morgan fingerprint density at radius 3 is 2.89 bits per heavy atom. The zero-order chi connectivity index (χ0) is 6.69. The second-order valence-corrected chi connectivity index (χ2v) is 1.50. The van der Waals surface area contributed by atoms with Gasteiger partial charge < -0.3 is 0 Å². The fourth-order valence-corrected chi connectivity index (χ4v) is 0.471. The maximum Gasteiger partial charge on any atom is 0.547 e. The lowest BCUT2D eigenvalue weighted by atomic mass is 10.4. The van der Waals surface area contributed by atoms with Gasteiger partial charge in [-0.05, 0) is 4.99 Å². The number of amidine groups is 1. The van der Waals surface area contributed by atoms with Gasteiger partial charge in [0.1, 0.15) is 5.11 Å². The van der Waals surface area contributed by atoms with E-state index < -0.39 is 6.03 Å². The molecule has 2 amide bonds. The Labute approximate surface area is 52.0 Å². The fraction of sp³-hybridized carbons (Fsp3) is 0.200. The van der Waals surface area contributed by atoms with E-state index in [1.807, 2.05) is 0 Å². The number of nitrogens with zero attached hydrogens (tertiary/aromatic N) is 3. The second kappa shape index (κ2) is 2.30. The van der Waals surface area contributed by atoms with Crippen molar-refractivity contribution in [3.63, 3.8) is 0 Å². The van der Waals surface area contributed by atoms with E-state index in [4.69, 9.17) is 0 Å². The lowest BCUT2D eigenvalue weighted by Gasteiger charge is -1.69. The van der Waals surface area contributed by atoms with Gasteiger partial charge in [0, 0.05) is 0 Å². The molecule has 0 saturated heterocycles. The highest BCUT2D eigenvalue weighted by Crippen LogP contribution is 1.94. The number of hydrogen-bond acceptors (Lipinski definition) is 2. The van der Waals surface area contributed by atoms with Gasteiger partial charge in [-0.3, -0.25) is 0 Å². The van der Waals surface area contributed by atoms with E-state index in [2.05, 4.69) is 21.8 Å². The Kier molecular flexibility index (Phi) is 1.48. The van der Waals surface area contributed by atoms with Crippen LogP contribution >= 0.6 is 0 Å². The third-order valence-corrected chi connectivity index (χ3v) is 0.803. The summed E-state index contributed by atoms with van der Waals surface area (Å²) in [7, 11) is 0. The Bertz CT molecular complexity index is 204. The lowest BCUT2D eigenvalue weighted by Crippen LogP contribution is -2.00. The van der Waals surface area contributed by atoms with Crippen molar-refractivity contribution in [2.75, 3.05) is 0 Å². The monoisotopic (exact) mass is 123 g/mol. The highest BCUT2D eigenvalue weighted by atomic mass is 16.2. The van der Waals surface area contributed by atoms with Crippen LogP contribution in [0.5, 0.6) is 0 Å². The van der Waals surface area contributed by atoms with Gasteiger partial charge in [-0.25, -0.2) is 4.79 Å². The highest BCUT2D eigenvalue weighted by Gasteiger charge is 2.22. The summed E-state index contributed by atoms with van der Waals surface area (Å²) in [6, 6.07) is -0.521. The van der Waals surface area contributed by atoms with Crippen LogP contribution in [0.15, 0.2) is 22.9 Å². The molecule has 1 heterocycles. The molecule has 1 aliphatic heterocycles. The molecule has 4 heteroatoms. The number of rotatable bonds is 2. The van der Waals surface area contributed by atoms with Gasteiger partial charge in [0.25, 0.3) is 0 Å². The number of amides is 2. The first kappa shape index (κ1) is 5.81. The quantitative estimate of drug-likeness (QED) is 0.503. The smallest absolute Gasteiger partial charge is 0.202 e. The zero-order valence-electron chi connectivity index (χ0n) is 4.74. The lowest BCUT2D eigenvalue weighted by molar-refractivity contribution is 0.254. The summed E-state index contributed by atoms with van der Waals surface area (Å²) >= 11 is 0. The third-order valence-electron chi connectivity index (χ3n) is 0.803. The van der Waals surface area contributed by atoms with Crippen molar-refractivity contribution in [3.05, 3.63) is 12.7 Å². The maximum absolute atomic E-state index is 10.2. The van der Waals surface area contributed by atoms with Gasteiger partial charge in [-0.1, -0.05) is 6.08 Å². The van der Waals surface area contributed by atoms with E-state index in [-0.39, 0.29) is 0 Å². The van der Waals surface area contributed by atoms with Crippen LogP contribution in [-0.2, 0) is 0 Å². The standard InChI is InChI=1S/C5H5N3O/c1-2-3-4-6-5(9)8-7-4/h2H,1,3H2/q+1. The van der Waals surface area contributed by atoms with E-state index in [0.717, 1.165) is 0 Å². The summed E-state index contributed by atoms with van der Waals surface area (Å²) in [5.41, 5.74) is 0. The Balaban J connectivity index is 2.63. The third kappa shape index (κ3) is 1.28. The predicted molar refractivity (Wildman–Crippen MR) is 32.2 cm³/mol. The van der Waals surface area contributed by atoms with Crippen LogP contribution in [0.1, 0.15) is 6.42 Å². The molecule has 9 heavy (non-hydrogen) atoms. The van der Waals surface area contributed by atoms with Crippen molar-refractivity contribution in [1.82, 2.24) is 4.99 Å². The number of urea groups is 1. The van der Waals surface area contributed by atoms with Crippen LogP contribution in [-0.4, -0.2) is 11.9 Å². The minimum absolute atomic E-state index is 0.440. The molecule has 0 aromatic carbocycles. The molecule has 1 aliphatic rings. The molecule has 0 unspecified atom stereocenters. The molecule has 4 nitrogen and oxygen atoms in total. The van der Waals surface area contributed by atoms with Crippen LogP contribution in [0, 0.1) is 0 Å². The molecule has 0 spiro atoms. The number of azo groups is 1. The van der Waals surface area contributed by atoms with Crippen molar-refractivity contribution >= 4 is 11.9 Å². The van der Waals surface area contributed by atoms with Gasteiger partial charge in [-0.15, -0.1) is 6.58 Å². The van der Waals surface area contributed by atoms with E-state index >= 15 is 0 Å². The maximum atomic E-state index is 10.2. The molecule has 0 aromatic rings. The first-order valence-corrected chi connectivity index (χ1v) is 2.47. The summed E-state index contributed by atoms with van der Waals surface area (Å²) in [5.74, 6) is 0.440. The molecular formula is C5H5N3O+. The SMILES string of the molecule is C=CCC1=[N+]C(=O)N=N1. The van der Waals surface area contributed by atoms with Crippen molar-refractivity contribution in [3.8, 4) is 0 Å². The summed E-state index contributed by atoms with van der Waals surface area (Å²) in [4.78, 5) is 13.7. The molecule has 0 N–H and O–H groups in total. The van der Waals surface area contributed by atoms with Gasteiger partial charge >= 0.3 is 11.9 Å². The van der Waals surface area contributed by atoms with Crippen LogP contribution in [0.25, 0.3) is 0 Å². The summed E-state index contributed by atoms with van der Waals surface area (Å²) in [6.07, 6.45) is 2.13. The Morgan fingerprint density at radius 1 is 1.67 bits per heavy atom. The summed E-state index contributed by atoms with van der Waals surface area (Å²) in [6.45, 7) is 3.46. The molecule has 0 aliphatic carbocycles. The largest absolute Gasteiger partial charge is 0.547 e. The van der Waals surface area contributed by atoms with E-state index in [0.29, 0.717) is 12.3 Å². The average Bonchev–Trinajstić information content (AvgIpc) is 2.17. The number of aliphatic imine (C=N–C) groups is 1. The molecule has 1 radical (unpaired) electrons. The van der Waals surface area contributed by atoms with Crippen LogP contribution in [0.3, 0.4) is 0 Å². The fourth-order valence-electron chi connectivity index (χ4n) is 0.471. The van der Waals surface area contributed by atoms with Crippen LogP contribution < -0.4 is 4.99 Å². The topological polar surface area (TPSA) is 55.9 Å². The number of carbonyl (C=O) groups excluding carboxylic acids is 1. The normalized spacial score (nSPS) is 16.0. The number of carbonyl (C=O) groups is 1. The van der Waals surface area contributed by atoms with Crippen molar-refractivity contribution < 1.29 is 4.79 Å². The van der Waals surface area contributed by atoms with Gasteiger partial charge in [0.2, 0.25) is 0 Å². The van der Waals surface area contributed by atoms with Gasteiger partial charge in [0.15, 0.2) is 0 Å². The summed E-state index contributed by atoms with van der Waals surface area (Å²) < 4.78 is 0.